The van der Waals surface area contributed by atoms with E-state index in [-0.39, 0.29) is 23.0 Å². The Morgan fingerprint density at radius 1 is 0.970 bits per heavy atom. The van der Waals surface area contributed by atoms with Crippen molar-refractivity contribution < 1.29 is 18.1 Å². The predicted molar refractivity (Wildman–Crippen MR) is 129 cm³/mol. The van der Waals surface area contributed by atoms with Crippen LogP contribution in [-0.2, 0) is 14.8 Å². The van der Waals surface area contributed by atoms with Crippen LogP contribution < -0.4 is 4.90 Å². The largest absolute Gasteiger partial charge is 0.323 e. The topological polar surface area (TPSA) is 58.9 Å². The van der Waals surface area contributed by atoms with Crippen LogP contribution in [0.5, 0.6) is 0 Å². The molecule has 2 aromatic rings. The number of piperazine rings is 1. The number of hydrogen-bond acceptors (Lipinski definition) is 3. The lowest BCUT2D eigenvalue weighted by molar-refractivity contribution is -0.929. The number of fused-ring (bicyclic) bond motifs is 2. The van der Waals surface area contributed by atoms with E-state index < -0.39 is 15.4 Å². The van der Waals surface area contributed by atoms with E-state index in [0.717, 1.165) is 25.9 Å². The number of carbonyl (C=O) groups is 1. The van der Waals surface area contributed by atoms with Gasteiger partial charge in [0.05, 0.1) is 31.9 Å². The van der Waals surface area contributed by atoms with E-state index >= 15 is 0 Å². The highest BCUT2D eigenvalue weighted by Crippen LogP contribution is 2.64. The summed E-state index contributed by atoms with van der Waals surface area (Å²) in [7, 11) is -3.49. The Balaban J connectivity index is 1.33. The lowest BCUT2D eigenvalue weighted by Crippen LogP contribution is -3.15. The SMILES string of the molecule is CC1(C)[C@@H]2CC[C@@]1(CS(=O)(=O)N1CC[NH+](C(c3ccccc3)c3ccccc3)CC1)C(=O)C2. The molecular weight excluding hydrogens is 432 g/mol. The van der Waals surface area contributed by atoms with Crippen molar-refractivity contribution in [1.29, 1.82) is 0 Å². The van der Waals surface area contributed by atoms with Gasteiger partial charge in [0, 0.05) is 23.0 Å². The van der Waals surface area contributed by atoms with Gasteiger partial charge in [0.15, 0.2) is 0 Å². The third-order valence-electron chi connectivity index (χ3n) is 9.00. The van der Waals surface area contributed by atoms with E-state index in [1.165, 1.54) is 16.0 Å². The number of nitrogens with zero attached hydrogens (tertiary/aromatic N) is 1. The maximum absolute atomic E-state index is 13.5. The molecule has 0 amide bonds. The molecule has 5 nitrogen and oxygen atoms in total. The van der Waals surface area contributed by atoms with Gasteiger partial charge in [0.25, 0.3) is 0 Å². The van der Waals surface area contributed by atoms with Crippen molar-refractivity contribution in [3.05, 3.63) is 71.8 Å². The van der Waals surface area contributed by atoms with Crippen molar-refractivity contribution >= 4 is 15.8 Å². The highest BCUT2D eigenvalue weighted by atomic mass is 32.2. The normalized spacial score (nSPS) is 28.0. The van der Waals surface area contributed by atoms with Gasteiger partial charge in [0.1, 0.15) is 11.8 Å². The van der Waals surface area contributed by atoms with Gasteiger partial charge in [0.2, 0.25) is 10.0 Å². The molecule has 1 heterocycles. The molecule has 33 heavy (non-hydrogen) atoms. The van der Waals surface area contributed by atoms with E-state index in [1.807, 2.05) is 12.1 Å². The Kier molecular flexibility index (Phi) is 5.74. The van der Waals surface area contributed by atoms with Crippen molar-refractivity contribution in [3.8, 4) is 0 Å². The van der Waals surface area contributed by atoms with Gasteiger partial charge >= 0.3 is 0 Å². The number of rotatable bonds is 6. The summed E-state index contributed by atoms with van der Waals surface area (Å²) in [5, 5.41) is 0. The first-order valence-corrected chi connectivity index (χ1v) is 13.8. The Hall–Kier alpha value is -2.02. The molecule has 0 aromatic heterocycles. The molecule has 176 valence electrons. The minimum atomic E-state index is -3.49. The first-order chi connectivity index (χ1) is 15.7. The monoisotopic (exact) mass is 467 g/mol. The van der Waals surface area contributed by atoms with E-state index in [1.54, 1.807) is 4.31 Å². The van der Waals surface area contributed by atoms with Crippen LogP contribution in [-0.4, -0.2) is 50.4 Å². The maximum Gasteiger partial charge on any atom is 0.215 e. The summed E-state index contributed by atoms with van der Waals surface area (Å²) in [5.74, 6) is 0.488. The number of benzene rings is 2. The van der Waals surface area contributed by atoms with Crippen LogP contribution in [0.3, 0.4) is 0 Å². The van der Waals surface area contributed by atoms with Crippen molar-refractivity contribution in [2.75, 3.05) is 31.9 Å². The number of sulfonamides is 1. The molecule has 0 radical (unpaired) electrons. The fourth-order valence-electron chi connectivity index (χ4n) is 6.81. The molecule has 5 rings (SSSR count). The van der Waals surface area contributed by atoms with E-state index in [9.17, 15) is 13.2 Å². The van der Waals surface area contributed by atoms with Gasteiger partial charge in [-0.25, -0.2) is 8.42 Å². The molecule has 2 aliphatic carbocycles. The predicted octanol–water partition coefficient (Wildman–Crippen LogP) is 2.70. The summed E-state index contributed by atoms with van der Waals surface area (Å²) in [5.41, 5.74) is 1.58. The molecule has 1 saturated heterocycles. The van der Waals surface area contributed by atoms with Crippen LogP contribution in [0.15, 0.2) is 60.7 Å². The summed E-state index contributed by atoms with van der Waals surface area (Å²) < 4.78 is 28.7. The summed E-state index contributed by atoms with van der Waals surface area (Å²) in [4.78, 5) is 14.3. The molecule has 3 aliphatic rings. The minimum absolute atomic E-state index is 0.0154. The molecule has 2 atom stereocenters. The van der Waals surface area contributed by atoms with Crippen molar-refractivity contribution in [2.24, 2.45) is 16.7 Å². The molecule has 6 heteroatoms. The molecular formula is C27H35N2O3S+. The lowest BCUT2D eigenvalue weighted by Gasteiger charge is -2.40. The van der Waals surface area contributed by atoms with Gasteiger partial charge in [-0.1, -0.05) is 74.5 Å². The Morgan fingerprint density at radius 2 is 1.52 bits per heavy atom. The van der Waals surface area contributed by atoms with Crippen molar-refractivity contribution in [1.82, 2.24) is 4.31 Å². The lowest BCUT2D eigenvalue weighted by atomic mass is 9.70. The van der Waals surface area contributed by atoms with Crippen LogP contribution in [0.4, 0.5) is 0 Å². The number of ketones is 1. The van der Waals surface area contributed by atoms with Crippen LogP contribution in [0, 0.1) is 16.7 Å². The number of quaternary nitrogens is 1. The average molecular weight is 468 g/mol. The fourth-order valence-corrected chi connectivity index (χ4v) is 9.03. The third-order valence-corrected chi connectivity index (χ3v) is 11.0. The molecule has 0 spiro atoms. The zero-order chi connectivity index (χ0) is 23.3. The summed E-state index contributed by atoms with van der Waals surface area (Å²) in [6, 6.07) is 21.2. The third kappa shape index (κ3) is 3.76. The Morgan fingerprint density at radius 3 is 1.97 bits per heavy atom. The van der Waals surface area contributed by atoms with Crippen molar-refractivity contribution in [3.63, 3.8) is 0 Å². The molecule has 3 fully saturated rings. The standard InChI is InChI=1S/C27H34N2O3S/c1-26(2)23-13-14-27(26,24(30)19-23)20-33(31,32)29-17-15-28(16-18-29)25(21-9-5-3-6-10-21)22-11-7-4-8-12-22/h3-12,23,25H,13-20H2,1-2H3/p+1/t23-,27-/m1/s1. The number of carbonyl (C=O) groups excluding carboxylic acids is 1. The zero-order valence-electron chi connectivity index (χ0n) is 19.7. The van der Waals surface area contributed by atoms with Crippen molar-refractivity contribution in [2.45, 2.75) is 39.2 Å². The van der Waals surface area contributed by atoms with Crippen LogP contribution in [0.25, 0.3) is 0 Å². The van der Waals surface area contributed by atoms with Gasteiger partial charge < -0.3 is 4.90 Å². The number of Topliss-reactive ketones (excluding diaryl/α,β-unsaturated/α-hetero) is 1. The molecule has 1 aliphatic heterocycles. The highest BCUT2D eigenvalue weighted by molar-refractivity contribution is 7.89. The van der Waals surface area contributed by atoms with Crippen LogP contribution >= 0.6 is 0 Å². The highest BCUT2D eigenvalue weighted by Gasteiger charge is 2.65. The number of hydrogen-bond donors (Lipinski definition) is 1. The van der Waals surface area contributed by atoms with Gasteiger partial charge in [-0.3, -0.25) is 4.79 Å². The second kappa shape index (κ2) is 8.33. The quantitative estimate of drug-likeness (QED) is 0.711. The average Bonchev–Trinajstić information content (AvgIpc) is 3.15. The Bertz CT molecular complexity index is 1070. The first-order valence-electron chi connectivity index (χ1n) is 12.2. The summed E-state index contributed by atoms with van der Waals surface area (Å²) in [6.45, 7) is 6.72. The maximum atomic E-state index is 13.5. The Labute approximate surface area is 197 Å². The van der Waals surface area contributed by atoms with Gasteiger partial charge in [-0.2, -0.15) is 4.31 Å². The molecule has 2 aromatic carbocycles. The van der Waals surface area contributed by atoms with Crippen LogP contribution in [0.1, 0.15) is 50.3 Å². The van der Waals surface area contributed by atoms with Gasteiger partial charge in [-0.05, 0) is 24.2 Å². The smallest absolute Gasteiger partial charge is 0.215 e. The number of nitrogens with one attached hydrogen (secondary N) is 1. The molecule has 2 saturated carbocycles. The second-order valence-corrected chi connectivity index (χ2v) is 12.7. The summed E-state index contributed by atoms with van der Waals surface area (Å²) >= 11 is 0. The first kappa shape index (κ1) is 22.8. The molecule has 0 unspecified atom stereocenters. The molecule has 1 N–H and O–H groups in total. The zero-order valence-corrected chi connectivity index (χ0v) is 20.5. The summed E-state index contributed by atoms with van der Waals surface area (Å²) in [6.07, 6.45) is 2.25. The van der Waals surface area contributed by atoms with Crippen LogP contribution in [0.2, 0.25) is 0 Å². The van der Waals surface area contributed by atoms with E-state index in [4.69, 9.17) is 0 Å². The molecule has 2 bridgehead atoms. The fraction of sp³-hybridized carbons (Fsp3) is 0.519. The van der Waals surface area contributed by atoms with E-state index in [0.29, 0.717) is 25.4 Å². The minimum Gasteiger partial charge on any atom is -0.323 e. The second-order valence-electron chi connectivity index (χ2n) is 10.7. The van der Waals surface area contributed by atoms with E-state index in [2.05, 4.69) is 62.4 Å². The van der Waals surface area contributed by atoms with Gasteiger partial charge in [-0.15, -0.1) is 0 Å².